The number of hydrogen-bond donors (Lipinski definition) is 2. The van der Waals surface area contributed by atoms with E-state index in [4.69, 9.17) is 15.2 Å². The molecule has 9 heteroatoms. The van der Waals surface area contributed by atoms with Crippen LogP contribution >= 0.6 is 11.3 Å². The Morgan fingerprint density at radius 1 is 1.32 bits per heavy atom. The van der Waals surface area contributed by atoms with Crippen molar-refractivity contribution in [2.24, 2.45) is 10.7 Å². The Morgan fingerprint density at radius 2 is 2.13 bits per heavy atom. The molecular formula is C22H29N5O3S. The molecule has 0 saturated heterocycles. The first-order valence-electron chi connectivity index (χ1n) is 10.3. The fourth-order valence-electron chi connectivity index (χ4n) is 3.55. The molecule has 8 nitrogen and oxygen atoms in total. The molecule has 1 aliphatic rings. The highest BCUT2D eigenvalue weighted by molar-refractivity contribution is 7.13. The summed E-state index contributed by atoms with van der Waals surface area (Å²) in [5.41, 5.74) is 9.98. The molecule has 1 saturated carbocycles. The van der Waals surface area contributed by atoms with E-state index in [9.17, 15) is 4.79 Å². The first kappa shape index (κ1) is 23.1. The van der Waals surface area contributed by atoms with Gasteiger partial charge < -0.3 is 20.5 Å². The van der Waals surface area contributed by atoms with E-state index in [1.807, 2.05) is 0 Å². The highest BCUT2D eigenvalue weighted by Crippen LogP contribution is 2.26. The van der Waals surface area contributed by atoms with Crippen LogP contribution in [0, 0.1) is 0 Å². The number of methoxy groups -OCH3 is 1. The fourth-order valence-corrected chi connectivity index (χ4v) is 4.13. The summed E-state index contributed by atoms with van der Waals surface area (Å²) in [6, 6.07) is 3.67. The summed E-state index contributed by atoms with van der Waals surface area (Å²) in [6.07, 6.45) is 8.68. The molecule has 0 aliphatic heterocycles. The number of carbonyl (C=O) groups is 1. The number of hydrogen-bond acceptors (Lipinski definition) is 8. The van der Waals surface area contributed by atoms with Gasteiger partial charge >= 0.3 is 0 Å². The predicted molar refractivity (Wildman–Crippen MR) is 123 cm³/mol. The lowest BCUT2D eigenvalue weighted by molar-refractivity contribution is -0.00408. The van der Waals surface area contributed by atoms with Gasteiger partial charge in [0, 0.05) is 49.9 Å². The predicted octanol–water partition coefficient (Wildman–Crippen LogP) is 2.91. The highest BCUT2D eigenvalue weighted by atomic mass is 32.1. The van der Waals surface area contributed by atoms with Crippen LogP contribution in [0.1, 0.15) is 41.7 Å². The average Bonchev–Trinajstić information content (AvgIpc) is 3.33. The van der Waals surface area contributed by atoms with Gasteiger partial charge in [-0.3, -0.25) is 14.8 Å². The maximum Gasteiger partial charge on any atom is 0.251 e. The summed E-state index contributed by atoms with van der Waals surface area (Å²) in [7, 11) is 3.33. The third kappa shape index (κ3) is 6.43. The number of nitrogens with two attached hydrogens (primary N) is 1. The molecule has 2 heterocycles. The smallest absolute Gasteiger partial charge is 0.251 e. The van der Waals surface area contributed by atoms with Crippen LogP contribution in [-0.4, -0.2) is 61.6 Å². The monoisotopic (exact) mass is 443 g/mol. The number of thiazole rings is 1. The maximum atomic E-state index is 13.1. The maximum absolute atomic E-state index is 13.1. The number of pyridine rings is 1. The standard InChI is InChI=1S/C22H29N5O3S/c1-24-12-16(11-23)19-9-15(10-20(27-19)21-13-25-14-31-21)22(28)26-17-3-5-18(6-4-17)30-8-7-29-2/h9-14,17-18H,3-8,23H2,1-2H3,(H,26,28)/b16-11+,24-12?. The van der Waals surface area contributed by atoms with E-state index in [0.717, 1.165) is 30.6 Å². The van der Waals surface area contributed by atoms with Crippen LogP contribution in [0.5, 0.6) is 0 Å². The van der Waals surface area contributed by atoms with Gasteiger partial charge in [0.15, 0.2) is 0 Å². The number of nitrogens with zero attached hydrogens (tertiary/aromatic N) is 3. The molecule has 0 atom stereocenters. The van der Waals surface area contributed by atoms with Crippen LogP contribution in [0.2, 0.25) is 0 Å². The second-order valence-electron chi connectivity index (χ2n) is 7.31. The number of allylic oxidation sites excluding steroid dienone is 1. The second-order valence-corrected chi connectivity index (χ2v) is 8.20. The van der Waals surface area contributed by atoms with E-state index in [0.29, 0.717) is 35.7 Å². The Kier molecular flexibility index (Phi) is 8.69. The molecule has 2 aromatic rings. The molecule has 3 rings (SSSR count). The van der Waals surface area contributed by atoms with Crippen molar-refractivity contribution in [1.82, 2.24) is 15.3 Å². The van der Waals surface area contributed by atoms with Gasteiger partial charge in [0.1, 0.15) is 0 Å². The summed E-state index contributed by atoms with van der Waals surface area (Å²) >= 11 is 1.47. The molecule has 2 aromatic heterocycles. The van der Waals surface area contributed by atoms with Crippen LogP contribution < -0.4 is 11.1 Å². The van der Waals surface area contributed by atoms with E-state index >= 15 is 0 Å². The van der Waals surface area contributed by atoms with E-state index in [-0.39, 0.29) is 18.1 Å². The van der Waals surface area contributed by atoms with Crippen molar-refractivity contribution in [2.75, 3.05) is 27.4 Å². The summed E-state index contributed by atoms with van der Waals surface area (Å²) in [5, 5.41) is 3.17. The number of ether oxygens (including phenoxy) is 2. The zero-order valence-electron chi connectivity index (χ0n) is 17.9. The second kappa shape index (κ2) is 11.7. The van der Waals surface area contributed by atoms with Crippen LogP contribution in [0.3, 0.4) is 0 Å². The summed E-state index contributed by atoms with van der Waals surface area (Å²) in [6.45, 7) is 1.21. The largest absolute Gasteiger partial charge is 0.404 e. The Labute approximate surface area is 186 Å². The molecule has 0 aromatic carbocycles. The van der Waals surface area contributed by atoms with Crippen molar-refractivity contribution in [3.63, 3.8) is 0 Å². The number of aromatic nitrogens is 2. The van der Waals surface area contributed by atoms with Crippen molar-refractivity contribution >= 4 is 29.0 Å². The first-order valence-corrected chi connectivity index (χ1v) is 11.2. The minimum atomic E-state index is -0.122. The normalized spacial score (nSPS) is 19.6. The highest BCUT2D eigenvalue weighted by Gasteiger charge is 2.24. The van der Waals surface area contributed by atoms with Crippen LogP contribution in [0.25, 0.3) is 16.1 Å². The number of carbonyl (C=O) groups excluding carboxylic acids is 1. The van der Waals surface area contributed by atoms with Crippen LogP contribution in [0.4, 0.5) is 0 Å². The average molecular weight is 444 g/mol. The minimum absolute atomic E-state index is 0.122. The van der Waals surface area contributed by atoms with Crippen LogP contribution in [-0.2, 0) is 9.47 Å². The molecule has 31 heavy (non-hydrogen) atoms. The van der Waals surface area contributed by atoms with Gasteiger partial charge in [0.05, 0.1) is 41.1 Å². The molecule has 1 fully saturated rings. The Morgan fingerprint density at radius 3 is 2.77 bits per heavy atom. The van der Waals surface area contributed by atoms with Crippen molar-refractivity contribution < 1.29 is 14.3 Å². The zero-order valence-corrected chi connectivity index (χ0v) is 18.7. The molecule has 0 bridgehead atoms. The molecule has 3 N–H and O–H groups in total. The van der Waals surface area contributed by atoms with E-state index in [1.165, 1.54) is 17.5 Å². The van der Waals surface area contributed by atoms with E-state index in [2.05, 4.69) is 20.3 Å². The van der Waals surface area contributed by atoms with Gasteiger partial charge in [-0.25, -0.2) is 4.98 Å². The summed E-state index contributed by atoms with van der Waals surface area (Å²) in [5.74, 6) is -0.122. The lowest BCUT2D eigenvalue weighted by Crippen LogP contribution is -2.39. The van der Waals surface area contributed by atoms with Crippen molar-refractivity contribution in [2.45, 2.75) is 37.8 Å². The van der Waals surface area contributed by atoms with Gasteiger partial charge in [-0.1, -0.05) is 0 Å². The number of amides is 1. The topological polar surface area (TPSA) is 112 Å². The van der Waals surface area contributed by atoms with E-state index in [1.54, 1.807) is 44.2 Å². The van der Waals surface area contributed by atoms with Gasteiger partial charge in [-0.05, 0) is 37.8 Å². The fraction of sp³-hybridized carbons (Fsp3) is 0.455. The van der Waals surface area contributed by atoms with Gasteiger partial charge in [-0.15, -0.1) is 11.3 Å². The van der Waals surface area contributed by atoms with Crippen LogP contribution in [0.15, 0.2) is 35.0 Å². The lowest BCUT2D eigenvalue weighted by Gasteiger charge is -2.29. The lowest BCUT2D eigenvalue weighted by atomic mass is 9.92. The Bertz CT molecular complexity index is 906. The Hall–Kier alpha value is -2.62. The summed E-state index contributed by atoms with van der Waals surface area (Å²) in [4.78, 5) is 26.8. The molecular weight excluding hydrogens is 414 g/mol. The van der Waals surface area contributed by atoms with E-state index < -0.39 is 0 Å². The van der Waals surface area contributed by atoms with Crippen molar-refractivity contribution in [3.05, 3.63) is 41.3 Å². The molecule has 0 radical (unpaired) electrons. The van der Waals surface area contributed by atoms with Gasteiger partial charge in [-0.2, -0.15) is 0 Å². The molecule has 166 valence electrons. The zero-order chi connectivity index (χ0) is 22.1. The molecule has 0 spiro atoms. The SMILES string of the molecule is CN=C/C(=C\N)c1cc(C(=O)NC2CCC(OCCOC)CC2)cc(-c2cncs2)n1. The molecule has 1 amide bonds. The van der Waals surface area contributed by atoms with Gasteiger partial charge in [0.2, 0.25) is 0 Å². The summed E-state index contributed by atoms with van der Waals surface area (Å²) < 4.78 is 10.8. The van der Waals surface area contributed by atoms with Crippen molar-refractivity contribution in [1.29, 1.82) is 0 Å². The Balaban J connectivity index is 1.72. The number of aliphatic imine (C=N–C) groups is 1. The third-order valence-corrected chi connectivity index (χ3v) is 5.96. The van der Waals surface area contributed by atoms with Gasteiger partial charge in [0.25, 0.3) is 5.91 Å². The first-order chi connectivity index (χ1) is 15.1. The number of rotatable bonds is 9. The van der Waals surface area contributed by atoms with Crippen molar-refractivity contribution in [3.8, 4) is 10.6 Å². The molecule has 0 unspecified atom stereocenters. The number of nitrogens with one attached hydrogen (secondary N) is 1. The minimum Gasteiger partial charge on any atom is -0.404 e. The quantitative estimate of drug-likeness (QED) is 0.455. The third-order valence-electron chi connectivity index (χ3n) is 5.17. The molecule has 1 aliphatic carbocycles.